The second-order valence-electron chi connectivity index (χ2n) is 4.91. The van der Waals surface area contributed by atoms with Crippen LogP contribution in [0.15, 0.2) is 24.3 Å². The van der Waals surface area contributed by atoms with Crippen molar-refractivity contribution in [3.8, 4) is 0 Å². The van der Waals surface area contributed by atoms with Crippen molar-refractivity contribution in [1.29, 1.82) is 0 Å². The molecule has 1 aromatic carbocycles. The van der Waals surface area contributed by atoms with Crippen LogP contribution in [-0.2, 0) is 0 Å². The molecule has 0 N–H and O–H groups in total. The monoisotopic (exact) mass is 331 g/mol. The van der Waals surface area contributed by atoms with E-state index < -0.39 is 0 Å². The quantitative estimate of drug-likeness (QED) is 0.849. The summed E-state index contributed by atoms with van der Waals surface area (Å²) in [6, 6.07) is 8.04. The lowest BCUT2D eigenvalue weighted by Gasteiger charge is -2.38. The highest BCUT2D eigenvalue weighted by Crippen LogP contribution is 2.21. The van der Waals surface area contributed by atoms with Crippen LogP contribution in [0.5, 0.6) is 0 Å². The zero-order chi connectivity index (χ0) is 14.5. The second-order valence-corrected chi connectivity index (χ2v) is 5.35. The highest BCUT2D eigenvalue weighted by Gasteiger charge is 2.23. The summed E-state index contributed by atoms with van der Waals surface area (Å²) in [6.07, 6.45) is 0. The van der Waals surface area contributed by atoms with Crippen molar-refractivity contribution < 1.29 is 4.79 Å². The number of nitrogens with zero attached hydrogens (tertiary/aromatic N) is 3. The summed E-state index contributed by atoms with van der Waals surface area (Å²) in [5, 5.41) is 0.754. The fraction of sp³-hybridized carbons (Fsp3) is 0.533. The van der Waals surface area contributed by atoms with Gasteiger partial charge in [0.25, 0.3) is 0 Å². The predicted molar refractivity (Wildman–Crippen MR) is 90.8 cm³/mol. The fourth-order valence-electron chi connectivity index (χ4n) is 2.52. The van der Waals surface area contributed by atoms with E-state index in [0.717, 1.165) is 50.0 Å². The molecule has 21 heavy (non-hydrogen) atoms. The van der Waals surface area contributed by atoms with Gasteiger partial charge in [-0.15, -0.1) is 12.4 Å². The van der Waals surface area contributed by atoms with E-state index in [1.165, 1.54) is 0 Å². The van der Waals surface area contributed by atoms with Gasteiger partial charge in [-0.05, 0) is 32.0 Å². The number of urea groups is 1. The van der Waals surface area contributed by atoms with E-state index in [9.17, 15) is 4.79 Å². The molecule has 1 saturated heterocycles. The van der Waals surface area contributed by atoms with Gasteiger partial charge in [0.05, 0.1) is 0 Å². The van der Waals surface area contributed by atoms with E-state index >= 15 is 0 Å². The molecule has 1 heterocycles. The molecule has 0 bridgehead atoms. The molecule has 0 atom stereocenters. The summed E-state index contributed by atoms with van der Waals surface area (Å²) in [4.78, 5) is 18.4. The van der Waals surface area contributed by atoms with Gasteiger partial charge in [-0.3, -0.25) is 0 Å². The zero-order valence-electron chi connectivity index (χ0n) is 12.6. The lowest BCUT2D eigenvalue weighted by atomic mass is 10.2. The minimum Gasteiger partial charge on any atom is -0.368 e. The average molecular weight is 332 g/mol. The smallest absolute Gasteiger partial charge is 0.320 e. The summed E-state index contributed by atoms with van der Waals surface area (Å²) < 4.78 is 0. The number of halogens is 2. The molecule has 1 aromatic rings. The van der Waals surface area contributed by atoms with Crippen LogP contribution < -0.4 is 4.90 Å². The van der Waals surface area contributed by atoms with E-state index in [1.807, 2.05) is 41.8 Å². The van der Waals surface area contributed by atoms with Gasteiger partial charge in [0.2, 0.25) is 0 Å². The molecule has 1 aliphatic rings. The SMILES string of the molecule is CCN(CC)C(=O)N1CCN(c2cccc(Cl)c2)CC1.Cl. The standard InChI is InChI=1S/C15H22ClN3O.ClH/c1-3-17(4-2)15(20)19-10-8-18(9-11-19)14-7-5-6-13(16)12-14;/h5-7,12H,3-4,8-11H2,1-2H3;1H. The van der Waals surface area contributed by atoms with Crippen molar-refractivity contribution in [3.63, 3.8) is 0 Å². The molecule has 0 unspecified atom stereocenters. The Morgan fingerprint density at radius 3 is 2.33 bits per heavy atom. The van der Waals surface area contributed by atoms with Crippen molar-refractivity contribution in [2.75, 3.05) is 44.2 Å². The van der Waals surface area contributed by atoms with Crippen molar-refractivity contribution in [1.82, 2.24) is 9.80 Å². The van der Waals surface area contributed by atoms with Crippen LogP contribution in [0, 0.1) is 0 Å². The highest BCUT2D eigenvalue weighted by atomic mass is 35.5. The van der Waals surface area contributed by atoms with Gasteiger partial charge in [0, 0.05) is 50.0 Å². The Morgan fingerprint density at radius 1 is 1.19 bits per heavy atom. The van der Waals surface area contributed by atoms with Crippen molar-refractivity contribution in [2.45, 2.75) is 13.8 Å². The molecule has 0 radical (unpaired) electrons. The van der Waals surface area contributed by atoms with Crippen LogP contribution in [-0.4, -0.2) is 55.1 Å². The molecule has 0 spiro atoms. The Labute approximate surface area is 138 Å². The van der Waals surface area contributed by atoms with Crippen molar-refractivity contribution >= 4 is 35.7 Å². The summed E-state index contributed by atoms with van der Waals surface area (Å²) in [5.74, 6) is 0. The van der Waals surface area contributed by atoms with Crippen molar-refractivity contribution in [2.24, 2.45) is 0 Å². The first-order chi connectivity index (χ1) is 9.65. The molecule has 4 nitrogen and oxygen atoms in total. The number of hydrogen-bond donors (Lipinski definition) is 0. The summed E-state index contributed by atoms with van der Waals surface area (Å²) in [6.45, 7) is 8.81. The molecule has 2 rings (SSSR count). The Bertz CT molecular complexity index is 458. The molecule has 0 aromatic heterocycles. The second kappa shape index (κ2) is 8.35. The fourth-order valence-corrected chi connectivity index (χ4v) is 2.71. The van der Waals surface area contributed by atoms with Gasteiger partial charge in [-0.25, -0.2) is 4.79 Å². The Balaban J connectivity index is 0.00000220. The van der Waals surface area contributed by atoms with Gasteiger partial charge >= 0.3 is 6.03 Å². The molecule has 0 saturated carbocycles. The first-order valence-corrected chi connectivity index (χ1v) is 7.57. The molecule has 6 heteroatoms. The number of hydrogen-bond acceptors (Lipinski definition) is 2. The Kier molecular flexibility index (Phi) is 7.12. The van der Waals surface area contributed by atoms with Gasteiger partial charge < -0.3 is 14.7 Å². The zero-order valence-corrected chi connectivity index (χ0v) is 14.2. The normalized spacial score (nSPS) is 14.6. The van der Waals surface area contributed by atoms with Crippen LogP contribution in [0.25, 0.3) is 0 Å². The van der Waals surface area contributed by atoms with E-state index in [-0.39, 0.29) is 18.4 Å². The molecular weight excluding hydrogens is 309 g/mol. The van der Waals surface area contributed by atoms with Crippen LogP contribution in [0.2, 0.25) is 5.02 Å². The van der Waals surface area contributed by atoms with Gasteiger partial charge in [0.15, 0.2) is 0 Å². The third kappa shape index (κ3) is 4.42. The van der Waals surface area contributed by atoms with Gasteiger partial charge in [-0.2, -0.15) is 0 Å². The molecule has 0 aliphatic carbocycles. The number of carbonyl (C=O) groups excluding carboxylic acids is 1. The summed E-state index contributed by atoms with van der Waals surface area (Å²) in [7, 11) is 0. The van der Waals surface area contributed by atoms with Crippen molar-refractivity contribution in [3.05, 3.63) is 29.3 Å². The van der Waals surface area contributed by atoms with Crippen LogP contribution in [0.4, 0.5) is 10.5 Å². The first-order valence-electron chi connectivity index (χ1n) is 7.20. The predicted octanol–water partition coefficient (Wildman–Crippen LogP) is 3.35. The van der Waals surface area contributed by atoms with E-state index in [4.69, 9.17) is 11.6 Å². The number of rotatable bonds is 3. The summed E-state index contributed by atoms with van der Waals surface area (Å²) >= 11 is 6.02. The molecular formula is C15H23Cl2N3O. The minimum absolute atomic E-state index is 0. The number of anilines is 1. The maximum absolute atomic E-state index is 12.3. The summed E-state index contributed by atoms with van der Waals surface area (Å²) in [5.41, 5.74) is 1.13. The van der Waals surface area contributed by atoms with Gasteiger partial charge in [-0.1, -0.05) is 17.7 Å². The topological polar surface area (TPSA) is 26.8 Å². The lowest BCUT2D eigenvalue weighted by Crippen LogP contribution is -2.52. The first kappa shape index (κ1) is 17.9. The maximum Gasteiger partial charge on any atom is 0.320 e. The molecule has 1 aliphatic heterocycles. The third-order valence-corrected chi connectivity index (χ3v) is 3.99. The number of carbonyl (C=O) groups is 1. The number of benzene rings is 1. The largest absolute Gasteiger partial charge is 0.368 e. The molecule has 1 fully saturated rings. The Hall–Kier alpha value is -1.13. The lowest BCUT2D eigenvalue weighted by molar-refractivity contribution is 0.154. The van der Waals surface area contributed by atoms with E-state index in [0.29, 0.717) is 0 Å². The van der Waals surface area contributed by atoms with Crippen LogP contribution in [0.3, 0.4) is 0 Å². The Morgan fingerprint density at radius 2 is 1.81 bits per heavy atom. The molecule has 2 amide bonds. The number of piperazine rings is 1. The maximum atomic E-state index is 12.3. The van der Waals surface area contributed by atoms with E-state index in [1.54, 1.807) is 0 Å². The molecule has 118 valence electrons. The van der Waals surface area contributed by atoms with Gasteiger partial charge in [0.1, 0.15) is 0 Å². The van der Waals surface area contributed by atoms with Crippen LogP contribution >= 0.6 is 24.0 Å². The van der Waals surface area contributed by atoms with E-state index in [2.05, 4.69) is 11.0 Å². The van der Waals surface area contributed by atoms with Crippen LogP contribution in [0.1, 0.15) is 13.8 Å². The highest BCUT2D eigenvalue weighted by molar-refractivity contribution is 6.30. The number of amides is 2. The third-order valence-electron chi connectivity index (χ3n) is 3.76. The minimum atomic E-state index is 0. The average Bonchev–Trinajstić information content (AvgIpc) is 2.48.